The number of piperidine rings is 1. The molecule has 114 valence electrons. The Kier molecular flexibility index (Phi) is 5.60. The first-order valence-corrected chi connectivity index (χ1v) is 6.27. The number of rotatable bonds is 3. The van der Waals surface area contributed by atoms with E-state index in [0.717, 1.165) is 0 Å². The highest BCUT2D eigenvalue weighted by atomic mass is 35.5. The SMILES string of the molecule is CO[C@@]1(C)O[C@@H]2[C@@H](CO)CNC[C@H]2O[C@]1(C)OC.Cl. The fraction of sp³-hybridized carbons (Fsp3) is 1.00. The van der Waals surface area contributed by atoms with Gasteiger partial charge in [-0.25, -0.2) is 0 Å². The number of hydrogen-bond acceptors (Lipinski definition) is 6. The van der Waals surface area contributed by atoms with Gasteiger partial charge in [0.05, 0.1) is 6.10 Å². The van der Waals surface area contributed by atoms with Crippen LogP contribution in [0.5, 0.6) is 0 Å². The second-order valence-corrected chi connectivity index (χ2v) is 5.14. The molecule has 2 aliphatic heterocycles. The monoisotopic (exact) mass is 297 g/mol. The van der Waals surface area contributed by atoms with Crippen LogP contribution >= 0.6 is 12.4 Å². The van der Waals surface area contributed by atoms with Gasteiger partial charge >= 0.3 is 0 Å². The van der Waals surface area contributed by atoms with Crippen LogP contribution in [0.1, 0.15) is 13.8 Å². The molecule has 0 spiro atoms. The first-order chi connectivity index (χ1) is 8.49. The Morgan fingerprint density at radius 1 is 1.16 bits per heavy atom. The number of aliphatic hydroxyl groups is 1. The lowest BCUT2D eigenvalue weighted by atomic mass is 9.91. The van der Waals surface area contributed by atoms with Crippen molar-refractivity contribution in [3.63, 3.8) is 0 Å². The minimum atomic E-state index is -0.992. The fourth-order valence-electron chi connectivity index (χ4n) is 2.63. The molecule has 2 rings (SSSR count). The Morgan fingerprint density at radius 2 is 1.74 bits per heavy atom. The molecule has 0 amide bonds. The van der Waals surface area contributed by atoms with E-state index >= 15 is 0 Å². The zero-order valence-corrected chi connectivity index (χ0v) is 12.7. The molecular weight excluding hydrogens is 274 g/mol. The molecule has 0 aromatic heterocycles. The second kappa shape index (κ2) is 6.22. The average Bonchev–Trinajstić information content (AvgIpc) is 2.39. The molecule has 0 radical (unpaired) electrons. The van der Waals surface area contributed by atoms with E-state index in [9.17, 15) is 5.11 Å². The molecule has 2 N–H and O–H groups in total. The van der Waals surface area contributed by atoms with Gasteiger partial charge in [0.1, 0.15) is 6.10 Å². The highest BCUT2D eigenvalue weighted by Crippen LogP contribution is 2.41. The van der Waals surface area contributed by atoms with E-state index in [-0.39, 0.29) is 37.1 Å². The van der Waals surface area contributed by atoms with Gasteiger partial charge in [0, 0.05) is 39.8 Å². The molecule has 19 heavy (non-hydrogen) atoms. The molecule has 0 aliphatic carbocycles. The number of hydrogen-bond donors (Lipinski definition) is 2. The van der Waals surface area contributed by atoms with Gasteiger partial charge in [0.25, 0.3) is 0 Å². The van der Waals surface area contributed by atoms with Crippen molar-refractivity contribution in [2.75, 3.05) is 33.9 Å². The predicted molar refractivity (Wildman–Crippen MR) is 71.3 cm³/mol. The number of fused-ring (bicyclic) bond motifs is 1. The quantitative estimate of drug-likeness (QED) is 0.772. The van der Waals surface area contributed by atoms with Crippen LogP contribution in [-0.2, 0) is 18.9 Å². The largest absolute Gasteiger partial charge is 0.396 e. The molecule has 2 heterocycles. The van der Waals surface area contributed by atoms with Crippen LogP contribution in [0.3, 0.4) is 0 Å². The smallest absolute Gasteiger partial charge is 0.220 e. The lowest BCUT2D eigenvalue weighted by molar-refractivity contribution is -0.454. The van der Waals surface area contributed by atoms with Crippen molar-refractivity contribution < 1.29 is 24.1 Å². The summed E-state index contributed by atoms with van der Waals surface area (Å²) < 4.78 is 23.0. The summed E-state index contributed by atoms with van der Waals surface area (Å²) in [6, 6.07) is 0. The van der Waals surface area contributed by atoms with Crippen LogP contribution in [0.4, 0.5) is 0 Å². The summed E-state index contributed by atoms with van der Waals surface area (Å²) >= 11 is 0. The van der Waals surface area contributed by atoms with Gasteiger partial charge < -0.3 is 29.4 Å². The molecule has 2 aliphatic rings. The van der Waals surface area contributed by atoms with Crippen molar-refractivity contribution >= 4 is 12.4 Å². The Hall–Kier alpha value is 0.0500. The van der Waals surface area contributed by atoms with Crippen LogP contribution < -0.4 is 5.32 Å². The number of methoxy groups -OCH3 is 2. The van der Waals surface area contributed by atoms with Crippen molar-refractivity contribution in [3.8, 4) is 0 Å². The molecule has 5 atom stereocenters. The number of aliphatic hydroxyl groups excluding tert-OH is 1. The first kappa shape index (κ1) is 17.1. The van der Waals surface area contributed by atoms with Crippen molar-refractivity contribution in [2.45, 2.75) is 37.6 Å². The van der Waals surface area contributed by atoms with E-state index in [0.29, 0.717) is 13.1 Å². The molecule has 6 nitrogen and oxygen atoms in total. The zero-order chi connectivity index (χ0) is 13.4. The minimum Gasteiger partial charge on any atom is -0.396 e. The standard InChI is InChI=1S/C12H23NO5.ClH/c1-11(15-3)12(2,16-4)18-10-8(7-14)5-13-6-9(10)17-11;/h8-10,13-14H,5-7H2,1-4H3;1H/t8-,9-,10-,11+,12+;/m1./s1. The Balaban J connectivity index is 0.00000180. The van der Waals surface area contributed by atoms with Gasteiger partial charge in [0.15, 0.2) is 0 Å². The van der Waals surface area contributed by atoms with Gasteiger partial charge in [-0.2, -0.15) is 0 Å². The molecule has 2 fully saturated rings. The molecule has 7 heteroatoms. The third-order valence-corrected chi connectivity index (χ3v) is 4.16. The summed E-state index contributed by atoms with van der Waals surface area (Å²) in [6.45, 7) is 5.05. The highest BCUT2D eigenvalue weighted by Gasteiger charge is 2.58. The summed E-state index contributed by atoms with van der Waals surface area (Å²) in [5.41, 5.74) is 0. The molecular formula is C12H24ClNO5. The third kappa shape index (κ3) is 2.76. The van der Waals surface area contributed by atoms with Gasteiger partial charge in [-0.3, -0.25) is 0 Å². The molecule has 2 saturated heterocycles. The summed E-state index contributed by atoms with van der Waals surface area (Å²) in [5.74, 6) is -1.96. The summed E-state index contributed by atoms with van der Waals surface area (Å²) in [5, 5.41) is 12.6. The number of nitrogens with one attached hydrogen (secondary N) is 1. The molecule has 0 aromatic rings. The maximum Gasteiger partial charge on any atom is 0.220 e. The van der Waals surface area contributed by atoms with Gasteiger partial charge in [-0.05, 0) is 13.8 Å². The summed E-state index contributed by atoms with van der Waals surface area (Å²) in [6.07, 6.45) is -0.339. The van der Waals surface area contributed by atoms with E-state index in [2.05, 4.69) is 5.32 Å². The van der Waals surface area contributed by atoms with Crippen LogP contribution in [0.25, 0.3) is 0 Å². The second-order valence-electron chi connectivity index (χ2n) is 5.14. The fourth-order valence-corrected chi connectivity index (χ4v) is 2.63. The van der Waals surface area contributed by atoms with Crippen LogP contribution in [-0.4, -0.2) is 62.8 Å². The zero-order valence-electron chi connectivity index (χ0n) is 11.8. The van der Waals surface area contributed by atoms with E-state index in [1.807, 2.05) is 0 Å². The third-order valence-electron chi connectivity index (χ3n) is 4.16. The van der Waals surface area contributed by atoms with E-state index < -0.39 is 11.6 Å². The molecule has 0 saturated carbocycles. The van der Waals surface area contributed by atoms with Crippen LogP contribution in [0, 0.1) is 5.92 Å². The van der Waals surface area contributed by atoms with Crippen molar-refractivity contribution in [1.82, 2.24) is 5.32 Å². The van der Waals surface area contributed by atoms with E-state index in [4.69, 9.17) is 18.9 Å². The highest BCUT2D eigenvalue weighted by molar-refractivity contribution is 5.85. The number of ether oxygens (including phenoxy) is 4. The van der Waals surface area contributed by atoms with Gasteiger partial charge in [-0.1, -0.05) is 0 Å². The van der Waals surface area contributed by atoms with Crippen molar-refractivity contribution in [1.29, 1.82) is 0 Å². The maximum atomic E-state index is 9.41. The Bertz CT molecular complexity index is 308. The topological polar surface area (TPSA) is 69.2 Å². The van der Waals surface area contributed by atoms with Crippen LogP contribution in [0.2, 0.25) is 0 Å². The van der Waals surface area contributed by atoms with Crippen LogP contribution in [0.15, 0.2) is 0 Å². The first-order valence-electron chi connectivity index (χ1n) is 6.27. The Morgan fingerprint density at radius 3 is 2.26 bits per heavy atom. The predicted octanol–water partition coefficient (Wildman–Crippen LogP) is 0.129. The maximum absolute atomic E-state index is 9.41. The molecule has 0 unspecified atom stereocenters. The van der Waals surface area contributed by atoms with E-state index in [1.165, 1.54) is 0 Å². The molecule has 0 aromatic carbocycles. The average molecular weight is 298 g/mol. The van der Waals surface area contributed by atoms with Gasteiger partial charge in [-0.15, -0.1) is 12.4 Å². The molecule has 0 bridgehead atoms. The Labute approximate surface area is 120 Å². The minimum absolute atomic E-state index is 0. The lowest BCUT2D eigenvalue weighted by Crippen LogP contribution is -2.70. The summed E-state index contributed by atoms with van der Waals surface area (Å²) in [4.78, 5) is 0. The normalized spacial score (nSPS) is 46.3. The van der Waals surface area contributed by atoms with Crippen molar-refractivity contribution in [3.05, 3.63) is 0 Å². The van der Waals surface area contributed by atoms with E-state index in [1.54, 1.807) is 28.1 Å². The lowest BCUT2D eigenvalue weighted by Gasteiger charge is -2.54. The number of halogens is 1. The summed E-state index contributed by atoms with van der Waals surface area (Å²) in [7, 11) is 3.14. The van der Waals surface area contributed by atoms with Crippen molar-refractivity contribution in [2.24, 2.45) is 5.92 Å². The van der Waals surface area contributed by atoms with Gasteiger partial charge in [0.2, 0.25) is 11.6 Å².